The van der Waals surface area contributed by atoms with Gasteiger partial charge in [0.15, 0.2) is 11.6 Å². The molecule has 2 aromatic carbocycles. The van der Waals surface area contributed by atoms with Gasteiger partial charge in [-0.1, -0.05) is 34.1 Å². The molecule has 0 spiro atoms. The average Bonchev–Trinajstić information content (AvgIpc) is 2.37. The van der Waals surface area contributed by atoms with Crippen LogP contribution in [0.15, 0.2) is 46.9 Å². The Labute approximate surface area is 120 Å². The van der Waals surface area contributed by atoms with Crippen LogP contribution in [0.25, 0.3) is 0 Å². The smallest absolute Gasteiger partial charge is 0.165 e. The third kappa shape index (κ3) is 3.78. The molecule has 0 amide bonds. The van der Waals surface area contributed by atoms with E-state index in [9.17, 15) is 9.50 Å². The monoisotopic (exact) mass is 324 g/mol. The standard InChI is InChI=1S/C15H14BrFO2/c1-10(18)12-5-6-15(14(17)8-12)19-9-11-3-2-4-13(16)7-11/h2-8,10,18H,9H2,1H3/t10-/m0/s1. The lowest BCUT2D eigenvalue weighted by Crippen LogP contribution is -1.99. The molecule has 0 radical (unpaired) electrons. The molecule has 0 unspecified atom stereocenters. The van der Waals surface area contributed by atoms with Crippen LogP contribution in [0.3, 0.4) is 0 Å². The summed E-state index contributed by atoms with van der Waals surface area (Å²) in [5.41, 5.74) is 1.49. The highest BCUT2D eigenvalue weighted by molar-refractivity contribution is 9.10. The Balaban J connectivity index is 2.07. The minimum Gasteiger partial charge on any atom is -0.486 e. The highest BCUT2D eigenvalue weighted by atomic mass is 79.9. The van der Waals surface area contributed by atoms with Gasteiger partial charge >= 0.3 is 0 Å². The lowest BCUT2D eigenvalue weighted by atomic mass is 10.1. The fraction of sp³-hybridized carbons (Fsp3) is 0.200. The Kier molecular flexibility index (Phi) is 4.56. The van der Waals surface area contributed by atoms with Gasteiger partial charge in [-0.15, -0.1) is 0 Å². The molecule has 1 atom stereocenters. The van der Waals surface area contributed by atoms with Crippen LogP contribution in [-0.4, -0.2) is 5.11 Å². The van der Waals surface area contributed by atoms with Crippen LogP contribution in [0.1, 0.15) is 24.2 Å². The van der Waals surface area contributed by atoms with E-state index in [1.54, 1.807) is 13.0 Å². The van der Waals surface area contributed by atoms with E-state index in [1.807, 2.05) is 24.3 Å². The van der Waals surface area contributed by atoms with Crippen molar-refractivity contribution in [2.24, 2.45) is 0 Å². The van der Waals surface area contributed by atoms with Crippen LogP contribution in [0.5, 0.6) is 5.75 Å². The van der Waals surface area contributed by atoms with Gasteiger partial charge in [-0.25, -0.2) is 4.39 Å². The SMILES string of the molecule is C[C@H](O)c1ccc(OCc2cccc(Br)c2)c(F)c1. The van der Waals surface area contributed by atoms with E-state index in [-0.39, 0.29) is 5.75 Å². The number of benzene rings is 2. The van der Waals surface area contributed by atoms with Crippen molar-refractivity contribution in [2.45, 2.75) is 19.6 Å². The van der Waals surface area contributed by atoms with Gasteiger partial charge in [0.05, 0.1) is 6.10 Å². The number of aliphatic hydroxyl groups is 1. The lowest BCUT2D eigenvalue weighted by Gasteiger charge is -2.10. The molecule has 0 fully saturated rings. The van der Waals surface area contributed by atoms with E-state index in [0.29, 0.717) is 12.2 Å². The van der Waals surface area contributed by atoms with Crippen LogP contribution in [0, 0.1) is 5.82 Å². The molecule has 0 saturated heterocycles. The summed E-state index contributed by atoms with van der Waals surface area (Å²) in [5, 5.41) is 9.36. The van der Waals surface area contributed by atoms with E-state index in [0.717, 1.165) is 10.0 Å². The summed E-state index contributed by atoms with van der Waals surface area (Å²) in [6.07, 6.45) is -0.686. The molecule has 0 aliphatic carbocycles. The fourth-order valence-corrected chi connectivity index (χ4v) is 2.13. The van der Waals surface area contributed by atoms with Gasteiger partial charge in [-0.3, -0.25) is 0 Å². The number of halogens is 2. The van der Waals surface area contributed by atoms with Crippen molar-refractivity contribution in [1.82, 2.24) is 0 Å². The molecule has 2 aromatic rings. The molecule has 0 aliphatic rings. The maximum absolute atomic E-state index is 13.7. The van der Waals surface area contributed by atoms with Gasteiger partial charge < -0.3 is 9.84 Å². The number of hydrogen-bond donors (Lipinski definition) is 1. The zero-order valence-corrected chi connectivity index (χ0v) is 12.0. The molecule has 0 saturated carbocycles. The third-order valence-corrected chi connectivity index (χ3v) is 3.21. The van der Waals surface area contributed by atoms with Crippen LogP contribution in [-0.2, 0) is 6.61 Å². The Bertz CT molecular complexity index is 570. The van der Waals surface area contributed by atoms with Gasteiger partial charge in [0.2, 0.25) is 0 Å². The summed E-state index contributed by atoms with van der Waals surface area (Å²) in [7, 11) is 0. The Morgan fingerprint density at radius 2 is 2.05 bits per heavy atom. The number of ether oxygens (including phenoxy) is 1. The van der Waals surface area contributed by atoms with Gasteiger partial charge in [0.1, 0.15) is 6.61 Å². The van der Waals surface area contributed by atoms with E-state index in [4.69, 9.17) is 4.74 Å². The summed E-state index contributed by atoms with van der Waals surface area (Å²) in [5.74, 6) is -0.280. The van der Waals surface area contributed by atoms with Gasteiger partial charge in [0, 0.05) is 4.47 Å². The Hall–Kier alpha value is -1.39. The fourth-order valence-electron chi connectivity index (χ4n) is 1.68. The molecular weight excluding hydrogens is 311 g/mol. The van der Waals surface area contributed by atoms with Crippen LogP contribution in [0.2, 0.25) is 0 Å². The molecule has 0 heterocycles. The molecule has 0 aliphatic heterocycles. The normalized spacial score (nSPS) is 12.2. The van der Waals surface area contributed by atoms with Gasteiger partial charge in [0.25, 0.3) is 0 Å². The summed E-state index contributed by atoms with van der Waals surface area (Å²) in [4.78, 5) is 0. The summed E-state index contributed by atoms with van der Waals surface area (Å²) in [6, 6.07) is 12.1. The Morgan fingerprint density at radius 1 is 1.26 bits per heavy atom. The second-order valence-corrected chi connectivity index (χ2v) is 5.20. The van der Waals surface area contributed by atoms with Crippen molar-refractivity contribution >= 4 is 15.9 Å². The van der Waals surface area contributed by atoms with E-state index < -0.39 is 11.9 Å². The van der Waals surface area contributed by atoms with Crippen LogP contribution >= 0.6 is 15.9 Å². The van der Waals surface area contributed by atoms with Crippen molar-refractivity contribution in [3.63, 3.8) is 0 Å². The zero-order valence-electron chi connectivity index (χ0n) is 10.4. The lowest BCUT2D eigenvalue weighted by molar-refractivity contribution is 0.198. The maximum atomic E-state index is 13.7. The molecule has 0 aromatic heterocycles. The van der Waals surface area contributed by atoms with Crippen molar-refractivity contribution in [1.29, 1.82) is 0 Å². The molecule has 100 valence electrons. The van der Waals surface area contributed by atoms with Crippen molar-refractivity contribution < 1.29 is 14.2 Å². The Morgan fingerprint density at radius 3 is 2.68 bits per heavy atom. The molecule has 0 bridgehead atoms. The second-order valence-electron chi connectivity index (χ2n) is 4.28. The molecule has 2 nitrogen and oxygen atoms in total. The largest absolute Gasteiger partial charge is 0.486 e. The molecule has 1 N–H and O–H groups in total. The van der Waals surface area contributed by atoms with Crippen molar-refractivity contribution in [3.05, 3.63) is 63.9 Å². The van der Waals surface area contributed by atoms with Crippen molar-refractivity contribution in [2.75, 3.05) is 0 Å². The number of aliphatic hydroxyl groups excluding tert-OH is 1. The molecular formula is C15H14BrFO2. The first-order chi connectivity index (χ1) is 9.06. The van der Waals surface area contributed by atoms with E-state index in [2.05, 4.69) is 15.9 Å². The highest BCUT2D eigenvalue weighted by Gasteiger charge is 2.08. The first-order valence-corrected chi connectivity index (χ1v) is 6.70. The first-order valence-electron chi connectivity index (χ1n) is 5.91. The molecule has 19 heavy (non-hydrogen) atoms. The summed E-state index contributed by atoms with van der Waals surface area (Å²) >= 11 is 3.37. The predicted octanol–water partition coefficient (Wildman–Crippen LogP) is 4.22. The predicted molar refractivity (Wildman–Crippen MR) is 75.5 cm³/mol. The maximum Gasteiger partial charge on any atom is 0.165 e. The highest BCUT2D eigenvalue weighted by Crippen LogP contribution is 2.23. The quantitative estimate of drug-likeness (QED) is 0.912. The first kappa shape index (κ1) is 14.0. The molecule has 4 heteroatoms. The van der Waals surface area contributed by atoms with E-state index in [1.165, 1.54) is 12.1 Å². The third-order valence-electron chi connectivity index (χ3n) is 2.72. The van der Waals surface area contributed by atoms with Gasteiger partial charge in [-0.05, 0) is 42.3 Å². The summed E-state index contributed by atoms with van der Waals surface area (Å²) in [6.45, 7) is 1.89. The van der Waals surface area contributed by atoms with E-state index >= 15 is 0 Å². The minimum absolute atomic E-state index is 0.185. The van der Waals surface area contributed by atoms with Gasteiger partial charge in [-0.2, -0.15) is 0 Å². The average molecular weight is 325 g/mol. The number of hydrogen-bond acceptors (Lipinski definition) is 2. The zero-order chi connectivity index (χ0) is 13.8. The number of rotatable bonds is 4. The van der Waals surface area contributed by atoms with Crippen LogP contribution in [0.4, 0.5) is 4.39 Å². The molecule has 2 rings (SSSR count). The second kappa shape index (κ2) is 6.17. The summed E-state index contributed by atoms with van der Waals surface area (Å²) < 4.78 is 20.1. The van der Waals surface area contributed by atoms with Crippen molar-refractivity contribution in [3.8, 4) is 5.75 Å². The minimum atomic E-state index is -0.686. The van der Waals surface area contributed by atoms with Crippen LogP contribution < -0.4 is 4.74 Å². The topological polar surface area (TPSA) is 29.5 Å².